The molecule has 0 bridgehead atoms. The van der Waals surface area contributed by atoms with Gasteiger partial charge in [-0.15, -0.1) is 0 Å². The summed E-state index contributed by atoms with van der Waals surface area (Å²) in [6.45, 7) is 3.41. The Morgan fingerprint density at radius 1 is 1.28 bits per heavy atom. The summed E-state index contributed by atoms with van der Waals surface area (Å²) in [7, 11) is 0. The van der Waals surface area contributed by atoms with Crippen molar-refractivity contribution in [3.8, 4) is 11.5 Å². The molecule has 1 unspecified atom stereocenters. The second kappa shape index (κ2) is 6.22. The van der Waals surface area contributed by atoms with E-state index in [0.717, 1.165) is 6.20 Å². The maximum Gasteiger partial charge on any atom is 0.433 e. The number of aliphatic hydroxyl groups is 1. The quantitative estimate of drug-likeness (QED) is 0.895. The van der Waals surface area contributed by atoms with Gasteiger partial charge in [0.15, 0.2) is 5.69 Å². The van der Waals surface area contributed by atoms with Gasteiger partial charge >= 0.3 is 6.18 Å². The lowest BCUT2D eigenvalue weighted by molar-refractivity contribution is -0.142. The van der Waals surface area contributed by atoms with Gasteiger partial charge in [0.2, 0.25) is 0 Å². The van der Waals surface area contributed by atoms with E-state index >= 15 is 0 Å². The summed E-state index contributed by atoms with van der Waals surface area (Å²) in [4.78, 5) is 3.40. The predicted octanol–water partition coefficient (Wildman–Crippen LogP) is 4.27. The van der Waals surface area contributed by atoms with Crippen LogP contribution >= 0.6 is 0 Å². The highest BCUT2D eigenvalue weighted by Gasteiger charge is 2.36. The first kappa shape index (κ1) is 17.5. The van der Waals surface area contributed by atoms with E-state index in [-0.39, 0.29) is 12.2 Å². The second-order valence-electron chi connectivity index (χ2n) is 6.55. The standard InChI is InChI=1S/C18H18F3NO3/c1-17(2)9-12(23)15-13(6-3-7-14(15)25-17)24-10-11-5-4-8-22-16(11)18(19,20)21/h3-8,12,23H,9-10H2,1-2H3. The molecule has 2 heterocycles. The van der Waals surface area contributed by atoms with Gasteiger partial charge < -0.3 is 14.6 Å². The molecule has 7 heteroatoms. The van der Waals surface area contributed by atoms with Crippen LogP contribution in [0.1, 0.15) is 43.2 Å². The van der Waals surface area contributed by atoms with Crippen LogP contribution in [0.25, 0.3) is 0 Å². The van der Waals surface area contributed by atoms with E-state index in [1.54, 1.807) is 18.2 Å². The topological polar surface area (TPSA) is 51.6 Å². The minimum Gasteiger partial charge on any atom is -0.488 e. The summed E-state index contributed by atoms with van der Waals surface area (Å²) in [6, 6.07) is 7.73. The number of hydrogen-bond acceptors (Lipinski definition) is 4. The monoisotopic (exact) mass is 353 g/mol. The molecule has 2 aromatic rings. The van der Waals surface area contributed by atoms with Crippen LogP contribution in [0.15, 0.2) is 36.5 Å². The van der Waals surface area contributed by atoms with Crippen LogP contribution in [0.5, 0.6) is 11.5 Å². The molecule has 1 atom stereocenters. The number of aliphatic hydroxyl groups excluding tert-OH is 1. The van der Waals surface area contributed by atoms with Gasteiger partial charge in [-0.2, -0.15) is 13.2 Å². The number of alkyl halides is 3. The summed E-state index contributed by atoms with van der Waals surface area (Å²) in [5.41, 5.74) is -1.12. The fourth-order valence-electron chi connectivity index (χ4n) is 2.94. The number of aromatic nitrogens is 1. The molecule has 0 saturated heterocycles. The zero-order valence-corrected chi connectivity index (χ0v) is 13.8. The first-order chi connectivity index (χ1) is 11.7. The van der Waals surface area contributed by atoms with Gasteiger partial charge in [-0.05, 0) is 32.0 Å². The predicted molar refractivity (Wildman–Crippen MR) is 84.3 cm³/mol. The first-order valence-electron chi connectivity index (χ1n) is 7.81. The molecular formula is C18H18F3NO3. The summed E-state index contributed by atoms with van der Waals surface area (Å²) in [6.07, 6.45) is -3.91. The molecule has 0 fully saturated rings. The van der Waals surface area contributed by atoms with E-state index in [1.165, 1.54) is 12.1 Å². The SMILES string of the molecule is CC1(C)CC(O)c2c(OCc3cccnc3C(F)(F)F)cccc2O1. The van der Waals surface area contributed by atoms with E-state index in [0.29, 0.717) is 23.5 Å². The molecule has 3 rings (SSSR count). The lowest BCUT2D eigenvalue weighted by Crippen LogP contribution is -2.35. The Kier molecular flexibility index (Phi) is 4.36. The van der Waals surface area contributed by atoms with Gasteiger partial charge in [0.1, 0.15) is 23.7 Å². The summed E-state index contributed by atoms with van der Waals surface area (Å²) in [5, 5.41) is 10.4. The number of rotatable bonds is 3. The van der Waals surface area contributed by atoms with Crippen molar-refractivity contribution in [1.82, 2.24) is 4.98 Å². The van der Waals surface area contributed by atoms with Gasteiger partial charge in [0.05, 0.1) is 11.7 Å². The molecule has 0 saturated carbocycles. The van der Waals surface area contributed by atoms with Crippen molar-refractivity contribution in [3.05, 3.63) is 53.3 Å². The molecule has 25 heavy (non-hydrogen) atoms. The zero-order chi connectivity index (χ0) is 18.2. The summed E-state index contributed by atoms with van der Waals surface area (Å²) >= 11 is 0. The van der Waals surface area contributed by atoms with E-state index in [9.17, 15) is 18.3 Å². The maximum atomic E-state index is 13.0. The van der Waals surface area contributed by atoms with Gasteiger partial charge in [0, 0.05) is 18.2 Å². The van der Waals surface area contributed by atoms with E-state index in [2.05, 4.69) is 4.98 Å². The zero-order valence-electron chi connectivity index (χ0n) is 13.8. The third-order valence-electron chi connectivity index (χ3n) is 3.97. The Hall–Kier alpha value is -2.28. The molecule has 134 valence electrons. The molecule has 4 nitrogen and oxygen atoms in total. The van der Waals surface area contributed by atoms with Gasteiger partial charge in [0.25, 0.3) is 0 Å². The van der Waals surface area contributed by atoms with E-state index < -0.39 is 23.6 Å². The van der Waals surface area contributed by atoms with Gasteiger partial charge in [-0.25, -0.2) is 0 Å². The van der Waals surface area contributed by atoms with Crippen molar-refractivity contribution >= 4 is 0 Å². The number of fused-ring (bicyclic) bond motifs is 1. The Morgan fingerprint density at radius 3 is 2.76 bits per heavy atom. The van der Waals surface area contributed by atoms with Crippen LogP contribution in [0.3, 0.4) is 0 Å². The smallest absolute Gasteiger partial charge is 0.433 e. The third-order valence-corrected chi connectivity index (χ3v) is 3.97. The van der Waals surface area contributed by atoms with Crippen molar-refractivity contribution < 1.29 is 27.8 Å². The minimum absolute atomic E-state index is 0.0702. The van der Waals surface area contributed by atoms with Crippen LogP contribution in [0.4, 0.5) is 13.2 Å². The first-order valence-corrected chi connectivity index (χ1v) is 7.81. The molecule has 0 aliphatic carbocycles. The number of pyridine rings is 1. The van der Waals surface area contributed by atoms with Gasteiger partial charge in [-0.1, -0.05) is 12.1 Å². The van der Waals surface area contributed by atoms with Gasteiger partial charge in [-0.3, -0.25) is 4.98 Å². The number of nitrogens with zero attached hydrogens (tertiary/aromatic N) is 1. The van der Waals surface area contributed by atoms with Crippen LogP contribution in [0, 0.1) is 0 Å². The molecule has 1 aromatic heterocycles. The molecule has 0 radical (unpaired) electrons. The highest BCUT2D eigenvalue weighted by Crippen LogP contribution is 2.44. The van der Waals surface area contributed by atoms with Crippen LogP contribution in [0.2, 0.25) is 0 Å². The molecule has 0 spiro atoms. The second-order valence-corrected chi connectivity index (χ2v) is 6.55. The Bertz CT molecular complexity index is 774. The largest absolute Gasteiger partial charge is 0.488 e. The highest BCUT2D eigenvalue weighted by molar-refractivity contribution is 5.48. The maximum absolute atomic E-state index is 13.0. The summed E-state index contributed by atoms with van der Waals surface area (Å²) in [5.74, 6) is 0.779. The lowest BCUT2D eigenvalue weighted by atomic mass is 9.91. The van der Waals surface area contributed by atoms with Crippen LogP contribution in [-0.2, 0) is 12.8 Å². The Labute approximate surface area is 143 Å². The molecule has 1 aliphatic rings. The van der Waals surface area contributed by atoms with E-state index in [1.807, 2.05) is 13.8 Å². The Morgan fingerprint density at radius 2 is 2.04 bits per heavy atom. The molecular weight excluding hydrogens is 335 g/mol. The lowest BCUT2D eigenvalue weighted by Gasteiger charge is -2.36. The average molecular weight is 353 g/mol. The third kappa shape index (κ3) is 3.71. The van der Waals surface area contributed by atoms with Crippen molar-refractivity contribution in [2.45, 2.75) is 44.8 Å². The van der Waals surface area contributed by atoms with Crippen molar-refractivity contribution in [3.63, 3.8) is 0 Å². The summed E-state index contributed by atoms with van der Waals surface area (Å²) < 4.78 is 50.5. The van der Waals surface area contributed by atoms with E-state index in [4.69, 9.17) is 9.47 Å². The highest BCUT2D eigenvalue weighted by atomic mass is 19.4. The van der Waals surface area contributed by atoms with Crippen LogP contribution < -0.4 is 9.47 Å². The molecule has 1 aliphatic heterocycles. The number of benzene rings is 1. The minimum atomic E-state index is -4.55. The fraction of sp³-hybridized carbons (Fsp3) is 0.389. The number of hydrogen-bond donors (Lipinski definition) is 1. The van der Waals surface area contributed by atoms with Crippen molar-refractivity contribution in [1.29, 1.82) is 0 Å². The molecule has 1 N–H and O–H groups in total. The van der Waals surface area contributed by atoms with Crippen LogP contribution in [-0.4, -0.2) is 15.7 Å². The average Bonchev–Trinajstić information content (AvgIpc) is 2.50. The van der Waals surface area contributed by atoms with Crippen molar-refractivity contribution in [2.24, 2.45) is 0 Å². The number of ether oxygens (including phenoxy) is 2. The Balaban J connectivity index is 1.87. The fourth-order valence-corrected chi connectivity index (χ4v) is 2.94. The number of halogens is 3. The normalized spacial score (nSPS) is 19.0. The molecule has 1 aromatic carbocycles. The van der Waals surface area contributed by atoms with Crippen molar-refractivity contribution in [2.75, 3.05) is 0 Å². The molecule has 0 amide bonds.